The van der Waals surface area contributed by atoms with Gasteiger partial charge in [0.15, 0.2) is 0 Å². The van der Waals surface area contributed by atoms with Gasteiger partial charge in [-0.15, -0.1) is 0 Å². The lowest BCUT2D eigenvalue weighted by molar-refractivity contribution is -0.141. The molecule has 27 heavy (non-hydrogen) atoms. The summed E-state index contributed by atoms with van der Waals surface area (Å²) < 4.78 is 0. The average molecular weight is 371 g/mol. The SMILES string of the molecule is Cc1ccc(CCN2C(=O)CC[C@]2(C)C(=O)NC2CCCCCCC2)cc1. The van der Waals surface area contributed by atoms with E-state index in [1.165, 1.54) is 43.2 Å². The van der Waals surface area contributed by atoms with Crippen LogP contribution in [0.5, 0.6) is 0 Å². The van der Waals surface area contributed by atoms with E-state index in [0.717, 1.165) is 19.3 Å². The maximum absolute atomic E-state index is 13.1. The van der Waals surface area contributed by atoms with Gasteiger partial charge < -0.3 is 10.2 Å². The molecule has 0 radical (unpaired) electrons. The fraction of sp³-hybridized carbons (Fsp3) is 0.652. The van der Waals surface area contributed by atoms with Gasteiger partial charge in [-0.25, -0.2) is 0 Å². The van der Waals surface area contributed by atoms with Crippen molar-refractivity contribution < 1.29 is 9.59 Å². The lowest BCUT2D eigenvalue weighted by atomic mass is 9.93. The molecule has 1 aliphatic carbocycles. The monoisotopic (exact) mass is 370 g/mol. The predicted octanol–water partition coefficient (Wildman–Crippen LogP) is 4.15. The van der Waals surface area contributed by atoms with Crippen LogP contribution in [0.1, 0.15) is 75.8 Å². The third-order valence-electron chi connectivity index (χ3n) is 6.40. The molecular weight excluding hydrogens is 336 g/mol. The smallest absolute Gasteiger partial charge is 0.245 e. The van der Waals surface area contributed by atoms with E-state index >= 15 is 0 Å². The predicted molar refractivity (Wildman–Crippen MR) is 108 cm³/mol. The molecule has 1 saturated heterocycles. The molecule has 148 valence electrons. The van der Waals surface area contributed by atoms with Crippen LogP contribution in [-0.2, 0) is 16.0 Å². The Kier molecular flexibility index (Phi) is 6.56. The highest BCUT2D eigenvalue weighted by atomic mass is 16.2. The molecular formula is C23H34N2O2. The summed E-state index contributed by atoms with van der Waals surface area (Å²) in [4.78, 5) is 27.5. The second-order valence-corrected chi connectivity index (χ2v) is 8.57. The van der Waals surface area contributed by atoms with Crippen molar-refractivity contribution in [3.63, 3.8) is 0 Å². The second-order valence-electron chi connectivity index (χ2n) is 8.57. The summed E-state index contributed by atoms with van der Waals surface area (Å²) in [7, 11) is 0. The lowest BCUT2D eigenvalue weighted by Crippen LogP contribution is -2.56. The number of carbonyl (C=O) groups excluding carboxylic acids is 2. The van der Waals surface area contributed by atoms with Crippen molar-refractivity contribution in [1.29, 1.82) is 0 Å². The van der Waals surface area contributed by atoms with Crippen molar-refractivity contribution in [1.82, 2.24) is 10.2 Å². The Morgan fingerprint density at radius 2 is 1.74 bits per heavy atom. The molecule has 4 nitrogen and oxygen atoms in total. The highest BCUT2D eigenvalue weighted by molar-refractivity contribution is 5.94. The first-order valence-corrected chi connectivity index (χ1v) is 10.7. The van der Waals surface area contributed by atoms with Gasteiger partial charge in [-0.1, -0.05) is 61.9 Å². The fourth-order valence-electron chi connectivity index (χ4n) is 4.44. The number of hydrogen-bond donors (Lipinski definition) is 1. The van der Waals surface area contributed by atoms with Crippen molar-refractivity contribution in [3.8, 4) is 0 Å². The van der Waals surface area contributed by atoms with Gasteiger partial charge in [-0.2, -0.15) is 0 Å². The summed E-state index contributed by atoms with van der Waals surface area (Å²) in [5.74, 6) is 0.153. The number of carbonyl (C=O) groups is 2. The molecule has 1 saturated carbocycles. The van der Waals surface area contributed by atoms with Crippen LogP contribution in [0, 0.1) is 6.92 Å². The van der Waals surface area contributed by atoms with Crippen LogP contribution in [0.15, 0.2) is 24.3 Å². The molecule has 4 heteroatoms. The molecule has 2 aliphatic rings. The molecule has 1 heterocycles. The maximum atomic E-state index is 13.1. The summed E-state index contributed by atoms with van der Waals surface area (Å²) >= 11 is 0. The minimum absolute atomic E-state index is 0.0443. The Hall–Kier alpha value is -1.84. The average Bonchev–Trinajstić information content (AvgIpc) is 2.92. The zero-order valence-corrected chi connectivity index (χ0v) is 16.9. The van der Waals surface area contributed by atoms with Crippen LogP contribution in [0.3, 0.4) is 0 Å². The van der Waals surface area contributed by atoms with Crippen LogP contribution in [0.25, 0.3) is 0 Å². The number of aryl methyl sites for hydroxylation is 1. The quantitative estimate of drug-likeness (QED) is 0.846. The van der Waals surface area contributed by atoms with E-state index in [4.69, 9.17) is 0 Å². The van der Waals surface area contributed by atoms with Crippen LogP contribution >= 0.6 is 0 Å². The molecule has 0 bridgehead atoms. The maximum Gasteiger partial charge on any atom is 0.245 e. The number of hydrogen-bond acceptors (Lipinski definition) is 2. The number of nitrogens with one attached hydrogen (secondary N) is 1. The Balaban J connectivity index is 1.63. The first-order chi connectivity index (χ1) is 13.0. The number of benzene rings is 1. The van der Waals surface area contributed by atoms with Crippen LogP contribution in [0.4, 0.5) is 0 Å². The molecule has 2 amide bonds. The van der Waals surface area contributed by atoms with Crippen molar-refractivity contribution >= 4 is 11.8 Å². The second kappa shape index (κ2) is 8.90. The number of nitrogens with zero attached hydrogens (tertiary/aromatic N) is 1. The molecule has 0 aromatic heterocycles. The highest BCUT2D eigenvalue weighted by Gasteiger charge is 2.47. The van der Waals surface area contributed by atoms with Gasteiger partial charge in [0.05, 0.1) is 0 Å². The lowest BCUT2D eigenvalue weighted by Gasteiger charge is -2.35. The Labute approximate surface area is 163 Å². The van der Waals surface area contributed by atoms with E-state index in [-0.39, 0.29) is 17.9 Å². The van der Waals surface area contributed by atoms with Crippen LogP contribution < -0.4 is 5.32 Å². The van der Waals surface area contributed by atoms with Gasteiger partial charge >= 0.3 is 0 Å². The third kappa shape index (κ3) is 4.91. The van der Waals surface area contributed by atoms with E-state index in [9.17, 15) is 9.59 Å². The van der Waals surface area contributed by atoms with Gasteiger partial charge in [0.25, 0.3) is 0 Å². The third-order valence-corrected chi connectivity index (χ3v) is 6.40. The van der Waals surface area contributed by atoms with Crippen LogP contribution in [-0.4, -0.2) is 34.8 Å². The summed E-state index contributed by atoms with van der Waals surface area (Å²) in [5.41, 5.74) is 1.74. The van der Waals surface area contributed by atoms with Crippen molar-refractivity contribution in [3.05, 3.63) is 35.4 Å². The minimum Gasteiger partial charge on any atom is -0.351 e. The minimum atomic E-state index is -0.704. The first kappa shape index (κ1) is 19.9. The molecule has 1 aromatic carbocycles. The van der Waals surface area contributed by atoms with E-state index in [2.05, 4.69) is 36.5 Å². The number of rotatable bonds is 5. The summed E-state index contributed by atoms with van der Waals surface area (Å²) in [6.45, 7) is 4.63. The zero-order chi connectivity index (χ0) is 19.3. The van der Waals surface area contributed by atoms with Crippen molar-refractivity contribution in [2.45, 2.75) is 89.6 Å². The molecule has 3 rings (SSSR count). The Morgan fingerprint density at radius 1 is 1.11 bits per heavy atom. The number of likely N-dealkylation sites (tertiary alicyclic amines) is 1. The van der Waals surface area contributed by atoms with Crippen molar-refractivity contribution in [2.24, 2.45) is 0 Å². The topological polar surface area (TPSA) is 49.4 Å². The van der Waals surface area contributed by atoms with Gasteiger partial charge in [0.2, 0.25) is 11.8 Å². The summed E-state index contributed by atoms with van der Waals surface area (Å²) in [5, 5.41) is 3.29. The van der Waals surface area contributed by atoms with E-state index in [1.807, 2.05) is 11.8 Å². The van der Waals surface area contributed by atoms with E-state index in [1.54, 1.807) is 0 Å². The van der Waals surface area contributed by atoms with Gasteiger partial charge in [-0.3, -0.25) is 9.59 Å². The Morgan fingerprint density at radius 3 is 2.41 bits per heavy atom. The molecule has 1 aromatic rings. The normalized spacial score (nSPS) is 24.5. The molecule has 1 atom stereocenters. The van der Waals surface area contributed by atoms with Crippen LogP contribution in [0.2, 0.25) is 0 Å². The summed E-state index contributed by atoms with van der Waals surface area (Å²) in [6.07, 6.45) is 10.3. The van der Waals surface area contributed by atoms with Gasteiger partial charge in [-0.05, 0) is 45.1 Å². The molecule has 1 N–H and O–H groups in total. The van der Waals surface area contributed by atoms with Gasteiger partial charge in [0, 0.05) is 19.0 Å². The molecule has 2 fully saturated rings. The van der Waals surface area contributed by atoms with E-state index < -0.39 is 5.54 Å². The van der Waals surface area contributed by atoms with Gasteiger partial charge in [0.1, 0.15) is 5.54 Å². The largest absolute Gasteiger partial charge is 0.351 e. The standard InChI is InChI=1S/C23H34N2O2/c1-18-10-12-19(13-11-18)15-17-25-21(26)14-16-23(25,2)22(27)24-20-8-6-4-3-5-7-9-20/h10-13,20H,3-9,14-17H2,1-2H3,(H,24,27)/t23-/m1/s1. The highest BCUT2D eigenvalue weighted by Crippen LogP contribution is 2.31. The van der Waals surface area contributed by atoms with E-state index in [0.29, 0.717) is 19.4 Å². The fourth-order valence-corrected chi connectivity index (χ4v) is 4.44. The molecule has 0 spiro atoms. The Bertz CT molecular complexity index is 647. The molecule has 1 aliphatic heterocycles. The number of amides is 2. The molecule has 0 unspecified atom stereocenters. The first-order valence-electron chi connectivity index (χ1n) is 10.7. The zero-order valence-electron chi connectivity index (χ0n) is 16.9. The van der Waals surface area contributed by atoms with Crippen molar-refractivity contribution in [2.75, 3.05) is 6.54 Å². The summed E-state index contributed by atoms with van der Waals surface area (Å²) in [6, 6.07) is 8.69.